The van der Waals surface area contributed by atoms with E-state index in [0.717, 1.165) is 56.3 Å². The Hall–Kier alpha value is -9.15. The number of aromatic nitrogens is 3. The molecule has 0 saturated carbocycles. The van der Waals surface area contributed by atoms with Gasteiger partial charge >= 0.3 is 0 Å². The Balaban J connectivity index is 0.000000164. The number of anilines is 6. The number of pyridine rings is 3. The maximum atomic E-state index is 10.7. The summed E-state index contributed by atoms with van der Waals surface area (Å²) in [6, 6.07) is 51.4. The van der Waals surface area contributed by atoms with Crippen LogP contribution in [0.2, 0.25) is 15.1 Å². The van der Waals surface area contributed by atoms with E-state index in [1.165, 1.54) is 18.3 Å². The summed E-state index contributed by atoms with van der Waals surface area (Å²) in [5.74, 6) is 1.18. The van der Waals surface area contributed by atoms with Crippen LogP contribution in [0.15, 0.2) is 210 Å². The van der Waals surface area contributed by atoms with Gasteiger partial charge in [-0.3, -0.25) is 15.1 Å². The SMILES string of the molecule is Cc1ccccc1C(=NO)c1ccc(Nc2ccc([N+](=O)[O-])cn2)cc1Cl.Cc1ccccc1C(=NO)c1ccc(Nc2ccccn2)cc1Cl.Cc1ccccc1C(=NO)c1ccc(Nc2ccncc2)cc1Cl. The summed E-state index contributed by atoms with van der Waals surface area (Å²) in [5.41, 5.74) is 11.8. The van der Waals surface area contributed by atoms with Gasteiger partial charge < -0.3 is 31.6 Å². The molecule has 0 bridgehead atoms. The maximum absolute atomic E-state index is 10.7. The molecule has 0 aliphatic carbocycles. The Labute approximate surface area is 447 Å². The molecule has 3 heterocycles. The topological polar surface area (TPSA) is 216 Å². The van der Waals surface area contributed by atoms with Crippen molar-refractivity contribution in [1.82, 2.24) is 15.0 Å². The van der Waals surface area contributed by atoms with Crippen molar-refractivity contribution in [1.29, 1.82) is 0 Å². The highest BCUT2D eigenvalue weighted by Gasteiger charge is 2.17. The highest BCUT2D eigenvalue weighted by Crippen LogP contribution is 2.30. The van der Waals surface area contributed by atoms with Crippen LogP contribution >= 0.6 is 34.8 Å². The summed E-state index contributed by atoms with van der Waals surface area (Å²) in [7, 11) is 0. The number of hydrogen-bond acceptors (Lipinski definition) is 14. The van der Waals surface area contributed by atoms with Gasteiger partial charge in [-0.15, -0.1) is 0 Å². The summed E-state index contributed by atoms with van der Waals surface area (Å²) in [5, 5.41) is 60.4. The molecule has 9 rings (SSSR count). The molecule has 0 aliphatic heterocycles. The molecule has 0 fully saturated rings. The number of nitrogens with one attached hydrogen (secondary N) is 3. The average Bonchev–Trinajstić information content (AvgIpc) is 3.41. The predicted octanol–water partition coefficient (Wildman–Crippen LogP) is 14.9. The van der Waals surface area contributed by atoms with Crippen LogP contribution in [0, 0.1) is 30.9 Å². The van der Waals surface area contributed by atoms with Gasteiger partial charge in [-0.05, 0) is 122 Å². The molecule has 376 valence electrons. The molecule has 3 aromatic heterocycles. The van der Waals surface area contributed by atoms with Gasteiger partial charge in [-0.2, -0.15) is 0 Å². The number of aryl methyl sites for hydroxylation is 3. The second-order valence-corrected chi connectivity index (χ2v) is 17.6. The third-order valence-corrected chi connectivity index (χ3v) is 12.2. The van der Waals surface area contributed by atoms with Gasteiger partial charge in [-0.25, -0.2) is 9.97 Å². The van der Waals surface area contributed by atoms with Crippen molar-refractivity contribution in [3.63, 3.8) is 0 Å². The third kappa shape index (κ3) is 14.1. The number of oxime groups is 3. The number of hydrogen-bond donors (Lipinski definition) is 6. The lowest BCUT2D eigenvalue weighted by Gasteiger charge is -2.12. The van der Waals surface area contributed by atoms with E-state index in [9.17, 15) is 25.7 Å². The van der Waals surface area contributed by atoms with Crippen molar-refractivity contribution in [2.75, 3.05) is 16.0 Å². The van der Waals surface area contributed by atoms with Gasteiger partial charge in [0.15, 0.2) is 0 Å². The molecule has 6 N–H and O–H groups in total. The van der Waals surface area contributed by atoms with E-state index in [1.54, 1.807) is 48.9 Å². The smallest absolute Gasteiger partial charge is 0.287 e. The van der Waals surface area contributed by atoms with Crippen LogP contribution in [0.5, 0.6) is 0 Å². The fraction of sp³-hybridized carbons (Fsp3) is 0.0526. The lowest BCUT2D eigenvalue weighted by Crippen LogP contribution is -2.06. The Morgan fingerprint density at radius 3 is 1.20 bits per heavy atom. The van der Waals surface area contributed by atoms with Gasteiger partial charge in [0, 0.05) is 80.8 Å². The molecule has 0 radical (unpaired) electrons. The monoisotopic (exact) mass is 1060 g/mol. The Kier molecular flexibility index (Phi) is 18.6. The van der Waals surface area contributed by atoms with Crippen molar-refractivity contribution in [2.45, 2.75) is 20.8 Å². The molecule has 0 saturated heterocycles. The fourth-order valence-corrected chi connectivity index (χ4v) is 8.34. The molecule has 0 amide bonds. The minimum Gasteiger partial charge on any atom is -0.410 e. The molecule has 75 heavy (non-hydrogen) atoms. The van der Waals surface area contributed by atoms with Crippen molar-refractivity contribution in [3.05, 3.63) is 270 Å². The van der Waals surface area contributed by atoms with E-state index in [0.29, 0.717) is 60.4 Å². The van der Waals surface area contributed by atoms with Crippen LogP contribution in [-0.4, -0.2) is 52.6 Å². The van der Waals surface area contributed by atoms with Gasteiger partial charge in [0.05, 0.1) is 20.0 Å². The van der Waals surface area contributed by atoms with Gasteiger partial charge in [0.2, 0.25) is 0 Å². The summed E-state index contributed by atoms with van der Waals surface area (Å²) < 4.78 is 0. The molecule has 9 aromatic rings. The molecule has 0 aliphatic rings. The maximum Gasteiger partial charge on any atom is 0.287 e. The van der Waals surface area contributed by atoms with Crippen molar-refractivity contribution in [2.24, 2.45) is 15.5 Å². The van der Waals surface area contributed by atoms with Crippen LogP contribution in [0.1, 0.15) is 50.1 Å². The number of nitrogens with zero attached hydrogens (tertiary/aromatic N) is 7. The van der Waals surface area contributed by atoms with Crippen LogP contribution in [-0.2, 0) is 0 Å². The highest BCUT2D eigenvalue weighted by atomic mass is 35.5. The minimum atomic E-state index is -0.510. The molecule has 6 aromatic carbocycles. The molecule has 18 heteroatoms. The first-order chi connectivity index (χ1) is 36.4. The van der Waals surface area contributed by atoms with E-state index < -0.39 is 4.92 Å². The molecule has 0 spiro atoms. The van der Waals surface area contributed by atoms with E-state index in [-0.39, 0.29) is 5.69 Å². The van der Waals surface area contributed by atoms with Crippen molar-refractivity contribution in [3.8, 4) is 0 Å². The van der Waals surface area contributed by atoms with Gasteiger partial charge in [0.1, 0.15) is 35.0 Å². The normalized spacial score (nSPS) is 11.3. The average molecular weight is 1060 g/mol. The molecular formula is C57H47Cl3N10O5. The van der Waals surface area contributed by atoms with Crippen LogP contribution in [0.3, 0.4) is 0 Å². The predicted molar refractivity (Wildman–Crippen MR) is 299 cm³/mol. The van der Waals surface area contributed by atoms with E-state index in [1.807, 2.05) is 148 Å². The summed E-state index contributed by atoms with van der Waals surface area (Å²) in [4.78, 5) is 22.4. The van der Waals surface area contributed by atoms with Gasteiger partial charge in [0.25, 0.3) is 5.69 Å². The fourth-order valence-electron chi connectivity index (χ4n) is 7.53. The zero-order valence-electron chi connectivity index (χ0n) is 40.4. The quantitative estimate of drug-likeness (QED) is 0.0276. The second-order valence-electron chi connectivity index (χ2n) is 16.4. The van der Waals surface area contributed by atoms with Crippen molar-refractivity contribution >= 4 is 92.0 Å². The zero-order valence-corrected chi connectivity index (χ0v) is 42.7. The summed E-state index contributed by atoms with van der Waals surface area (Å²) in [6.45, 7) is 5.85. The highest BCUT2D eigenvalue weighted by molar-refractivity contribution is 6.37. The van der Waals surface area contributed by atoms with E-state index >= 15 is 0 Å². The zero-order chi connectivity index (χ0) is 53.3. The standard InChI is InChI=1S/C19H15ClN4O3.2C19H16ClN3O/c1-12-4-2-3-5-15(12)19(23-25)16-8-6-13(10-17(16)20)22-18-9-7-14(11-21-18)24(26)27;1-13-6-2-3-7-15(13)19(23-24)16-10-9-14(12-17(16)20)22-18-8-4-5-11-21-18;1-13-4-2-3-5-16(13)19(23-24)17-7-6-15(12-18(17)20)22-14-8-10-21-11-9-14/h2-11,25H,1H3,(H,21,22);2*2-12,24H,1H3,(H,21,22). The number of nitro groups is 1. The van der Waals surface area contributed by atoms with Crippen LogP contribution in [0.25, 0.3) is 0 Å². The van der Waals surface area contributed by atoms with Crippen LogP contribution < -0.4 is 16.0 Å². The number of rotatable bonds is 13. The molecular weight excluding hydrogens is 1010 g/mol. The Morgan fingerprint density at radius 1 is 0.453 bits per heavy atom. The van der Waals surface area contributed by atoms with Crippen molar-refractivity contribution < 1.29 is 20.5 Å². The second kappa shape index (κ2) is 26.0. The lowest BCUT2D eigenvalue weighted by molar-refractivity contribution is -0.385. The summed E-state index contributed by atoms with van der Waals surface area (Å²) in [6.07, 6.45) is 6.32. The lowest BCUT2D eigenvalue weighted by atomic mass is 9.98. The molecule has 15 nitrogen and oxygen atoms in total. The van der Waals surface area contributed by atoms with Crippen LogP contribution in [0.4, 0.5) is 40.1 Å². The summed E-state index contributed by atoms with van der Waals surface area (Å²) >= 11 is 19.2. The number of halogens is 3. The third-order valence-electron chi connectivity index (χ3n) is 11.3. The Morgan fingerprint density at radius 2 is 0.853 bits per heavy atom. The minimum absolute atomic E-state index is 0.0871. The first-order valence-electron chi connectivity index (χ1n) is 22.8. The largest absolute Gasteiger partial charge is 0.410 e. The van der Waals surface area contributed by atoms with E-state index in [2.05, 4.69) is 46.4 Å². The van der Waals surface area contributed by atoms with Gasteiger partial charge in [-0.1, -0.05) is 129 Å². The Bertz CT molecular complexity index is 3360. The molecule has 0 atom stereocenters. The number of benzene rings is 6. The molecule has 0 unspecified atom stereocenters. The first-order valence-corrected chi connectivity index (χ1v) is 24.0. The van der Waals surface area contributed by atoms with E-state index in [4.69, 9.17) is 34.8 Å². The first kappa shape index (κ1) is 53.6.